The second-order valence-corrected chi connectivity index (χ2v) is 5.78. The van der Waals surface area contributed by atoms with Gasteiger partial charge in [-0.1, -0.05) is 72.8 Å². The smallest absolute Gasteiger partial charge is 0.123 e. The zero-order valence-electron chi connectivity index (χ0n) is 13.1. The largest absolute Gasteiger partial charge is 0.496 e. The molecule has 0 unspecified atom stereocenters. The molecule has 0 aromatic heterocycles. The van der Waals surface area contributed by atoms with Crippen LogP contribution >= 0.6 is 0 Å². The zero-order chi connectivity index (χ0) is 15.6. The Morgan fingerprint density at radius 1 is 0.652 bits per heavy atom. The van der Waals surface area contributed by atoms with Gasteiger partial charge in [0.05, 0.1) is 7.11 Å². The highest BCUT2D eigenvalue weighted by molar-refractivity contribution is 5.90. The topological polar surface area (TPSA) is 9.23 Å². The first-order valence-electron chi connectivity index (χ1n) is 7.88. The summed E-state index contributed by atoms with van der Waals surface area (Å²) in [6.07, 6.45) is 0.867. The Morgan fingerprint density at radius 2 is 1.30 bits per heavy atom. The molecule has 0 saturated heterocycles. The van der Waals surface area contributed by atoms with Gasteiger partial charge in [0.2, 0.25) is 0 Å². The van der Waals surface area contributed by atoms with Crippen molar-refractivity contribution >= 4 is 21.5 Å². The Kier molecular flexibility index (Phi) is 3.47. The second kappa shape index (κ2) is 5.77. The number of benzene rings is 4. The summed E-state index contributed by atoms with van der Waals surface area (Å²) in [5, 5.41) is 5.11. The van der Waals surface area contributed by atoms with E-state index >= 15 is 0 Å². The Morgan fingerprint density at radius 3 is 2.09 bits per heavy atom. The minimum Gasteiger partial charge on any atom is -0.496 e. The van der Waals surface area contributed by atoms with Crippen LogP contribution < -0.4 is 4.74 Å². The Balaban J connectivity index is 1.92. The van der Waals surface area contributed by atoms with Gasteiger partial charge in [0.25, 0.3) is 0 Å². The summed E-state index contributed by atoms with van der Waals surface area (Å²) in [5.74, 6) is 0.955. The number of fused-ring (bicyclic) bond motifs is 2. The van der Waals surface area contributed by atoms with Gasteiger partial charge < -0.3 is 4.74 Å². The van der Waals surface area contributed by atoms with Gasteiger partial charge in [0.1, 0.15) is 5.75 Å². The van der Waals surface area contributed by atoms with E-state index in [2.05, 4.69) is 78.9 Å². The molecule has 0 aliphatic rings. The molecule has 1 heteroatoms. The molecule has 4 aromatic carbocycles. The number of methoxy groups -OCH3 is 1. The van der Waals surface area contributed by atoms with E-state index in [1.807, 2.05) is 0 Å². The Labute approximate surface area is 136 Å². The van der Waals surface area contributed by atoms with Crippen LogP contribution in [0.3, 0.4) is 0 Å². The molecule has 0 radical (unpaired) electrons. The average Bonchev–Trinajstić information content (AvgIpc) is 2.62. The van der Waals surface area contributed by atoms with Gasteiger partial charge in [0.15, 0.2) is 0 Å². The summed E-state index contributed by atoms with van der Waals surface area (Å²) in [6, 6.07) is 27.8. The predicted molar refractivity (Wildman–Crippen MR) is 97.3 cm³/mol. The van der Waals surface area contributed by atoms with Crippen molar-refractivity contribution in [2.45, 2.75) is 6.42 Å². The van der Waals surface area contributed by atoms with Gasteiger partial charge >= 0.3 is 0 Å². The van der Waals surface area contributed by atoms with Crippen LogP contribution in [0.4, 0.5) is 0 Å². The molecule has 0 amide bonds. The minimum absolute atomic E-state index is 0.867. The van der Waals surface area contributed by atoms with Crippen molar-refractivity contribution in [1.29, 1.82) is 0 Å². The Bertz CT molecular complexity index is 980. The fourth-order valence-electron chi connectivity index (χ4n) is 3.33. The molecule has 0 N–H and O–H groups in total. The SMILES string of the molecule is COc1ccc2ccccc2c1Cc1cccc2ccccc12. The molecule has 23 heavy (non-hydrogen) atoms. The first kappa shape index (κ1) is 13.8. The molecule has 112 valence electrons. The summed E-state index contributed by atoms with van der Waals surface area (Å²) >= 11 is 0. The molecular formula is C22H18O. The fraction of sp³-hybridized carbons (Fsp3) is 0.0909. The molecule has 0 bridgehead atoms. The van der Waals surface area contributed by atoms with Crippen LogP contribution in [-0.4, -0.2) is 7.11 Å². The molecule has 0 atom stereocenters. The third-order valence-electron chi connectivity index (χ3n) is 4.46. The van der Waals surface area contributed by atoms with Gasteiger partial charge in [-0.15, -0.1) is 0 Å². The van der Waals surface area contributed by atoms with Crippen LogP contribution in [0.5, 0.6) is 5.75 Å². The maximum atomic E-state index is 5.64. The zero-order valence-corrected chi connectivity index (χ0v) is 13.1. The first-order valence-corrected chi connectivity index (χ1v) is 7.88. The van der Waals surface area contributed by atoms with Crippen LogP contribution in [-0.2, 0) is 6.42 Å². The number of ether oxygens (including phenoxy) is 1. The summed E-state index contributed by atoms with van der Waals surface area (Å²) in [7, 11) is 1.75. The number of rotatable bonds is 3. The highest BCUT2D eigenvalue weighted by Crippen LogP contribution is 2.31. The fourth-order valence-corrected chi connectivity index (χ4v) is 3.33. The molecule has 0 saturated carbocycles. The lowest BCUT2D eigenvalue weighted by molar-refractivity contribution is 0.411. The van der Waals surface area contributed by atoms with Gasteiger partial charge in [-0.2, -0.15) is 0 Å². The molecule has 1 nitrogen and oxygen atoms in total. The highest BCUT2D eigenvalue weighted by atomic mass is 16.5. The highest BCUT2D eigenvalue weighted by Gasteiger charge is 2.10. The standard InChI is InChI=1S/C22H18O/c1-23-22-14-13-17-8-3-5-12-20(17)21(22)15-18-10-6-9-16-7-2-4-11-19(16)18/h2-14H,15H2,1H3. The van der Waals surface area contributed by atoms with Crippen LogP contribution in [0.25, 0.3) is 21.5 Å². The van der Waals surface area contributed by atoms with Crippen molar-refractivity contribution in [3.8, 4) is 5.75 Å². The van der Waals surface area contributed by atoms with E-state index in [9.17, 15) is 0 Å². The van der Waals surface area contributed by atoms with Gasteiger partial charge in [0, 0.05) is 12.0 Å². The van der Waals surface area contributed by atoms with E-state index in [1.54, 1.807) is 7.11 Å². The predicted octanol–water partition coefficient (Wildman–Crippen LogP) is 5.59. The van der Waals surface area contributed by atoms with E-state index in [0.717, 1.165) is 12.2 Å². The van der Waals surface area contributed by atoms with E-state index in [0.29, 0.717) is 0 Å². The summed E-state index contributed by atoms with van der Waals surface area (Å²) in [5.41, 5.74) is 2.58. The number of hydrogen-bond acceptors (Lipinski definition) is 1. The van der Waals surface area contributed by atoms with Crippen LogP contribution in [0.1, 0.15) is 11.1 Å². The lowest BCUT2D eigenvalue weighted by atomic mass is 9.94. The molecule has 0 heterocycles. The van der Waals surface area contributed by atoms with Crippen molar-refractivity contribution in [3.05, 3.63) is 90.0 Å². The normalized spacial score (nSPS) is 11.0. The maximum Gasteiger partial charge on any atom is 0.123 e. The summed E-state index contributed by atoms with van der Waals surface area (Å²) in [4.78, 5) is 0. The van der Waals surface area contributed by atoms with Crippen molar-refractivity contribution in [3.63, 3.8) is 0 Å². The van der Waals surface area contributed by atoms with Gasteiger partial charge in [-0.3, -0.25) is 0 Å². The lowest BCUT2D eigenvalue weighted by Crippen LogP contribution is -1.96. The third kappa shape index (κ3) is 2.44. The molecule has 0 aliphatic heterocycles. The molecule has 0 aliphatic carbocycles. The average molecular weight is 298 g/mol. The first-order chi connectivity index (χ1) is 11.4. The van der Waals surface area contributed by atoms with Crippen molar-refractivity contribution in [2.75, 3.05) is 7.11 Å². The maximum absolute atomic E-state index is 5.64. The minimum atomic E-state index is 0.867. The van der Waals surface area contributed by atoms with Gasteiger partial charge in [-0.05, 0) is 33.2 Å². The van der Waals surface area contributed by atoms with Crippen molar-refractivity contribution in [1.82, 2.24) is 0 Å². The monoisotopic (exact) mass is 298 g/mol. The van der Waals surface area contributed by atoms with E-state index in [1.165, 1.54) is 32.7 Å². The quantitative estimate of drug-likeness (QED) is 0.479. The molecule has 0 fully saturated rings. The lowest BCUT2D eigenvalue weighted by Gasteiger charge is -2.13. The molecular weight excluding hydrogens is 280 g/mol. The van der Waals surface area contributed by atoms with Crippen LogP contribution in [0, 0.1) is 0 Å². The molecule has 0 spiro atoms. The van der Waals surface area contributed by atoms with E-state index < -0.39 is 0 Å². The van der Waals surface area contributed by atoms with Crippen LogP contribution in [0.2, 0.25) is 0 Å². The number of hydrogen-bond donors (Lipinski definition) is 0. The van der Waals surface area contributed by atoms with Crippen LogP contribution in [0.15, 0.2) is 78.9 Å². The summed E-state index contributed by atoms with van der Waals surface area (Å²) in [6.45, 7) is 0. The van der Waals surface area contributed by atoms with Crippen molar-refractivity contribution in [2.24, 2.45) is 0 Å². The van der Waals surface area contributed by atoms with E-state index in [-0.39, 0.29) is 0 Å². The third-order valence-corrected chi connectivity index (χ3v) is 4.46. The van der Waals surface area contributed by atoms with Crippen molar-refractivity contribution < 1.29 is 4.74 Å². The Hall–Kier alpha value is -2.80. The molecule has 4 rings (SSSR count). The van der Waals surface area contributed by atoms with Gasteiger partial charge in [-0.25, -0.2) is 0 Å². The molecule has 4 aromatic rings. The summed E-state index contributed by atoms with van der Waals surface area (Å²) < 4.78 is 5.64. The van der Waals surface area contributed by atoms with E-state index in [4.69, 9.17) is 4.74 Å². The second-order valence-electron chi connectivity index (χ2n) is 5.78.